The normalized spacial score (nSPS) is 45.2. The van der Waals surface area contributed by atoms with Gasteiger partial charge in [-0.3, -0.25) is 0 Å². The van der Waals surface area contributed by atoms with Gasteiger partial charge in [-0.15, -0.1) is 0 Å². The van der Waals surface area contributed by atoms with Gasteiger partial charge in [0.25, 0.3) is 0 Å². The summed E-state index contributed by atoms with van der Waals surface area (Å²) in [6, 6.07) is 0. The van der Waals surface area contributed by atoms with E-state index < -0.39 is 0 Å². The fourth-order valence-electron chi connectivity index (χ4n) is 1.77. The van der Waals surface area contributed by atoms with Gasteiger partial charge >= 0.3 is 0 Å². The Bertz CT molecular complexity index is 252. The first kappa shape index (κ1) is 6.86. The van der Waals surface area contributed by atoms with Crippen LogP contribution in [0.25, 0.3) is 0 Å². The van der Waals surface area contributed by atoms with Crippen molar-refractivity contribution in [1.29, 1.82) is 0 Å². The minimum atomic E-state index is -0.170. The standard InChI is InChI=1S/C10H12O/c1-3-9-7-5-6-8-10(9,4-2)11-9/h3,5-8H,1,4H2,2H3. The molecule has 1 aliphatic carbocycles. The highest BCUT2D eigenvalue weighted by atomic mass is 16.6. The number of hydrogen-bond acceptors (Lipinski definition) is 1. The Labute approximate surface area is 67.1 Å². The van der Waals surface area contributed by atoms with Gasteiger partial charge < -0.3 is 4.74 Å². The lowest BCUT2D eigenvalue weighted by Gasteiger charge is -2.10. The van der Waals surface area contributed by atoms with Crippen molar-refractivity contribution in [1.82, 2.24) is 0 Å². The van der Waals surface area contributed by atoms with Gasteiger partial charge in [0.2, 0.25) is 0 Å². The van der Waals surface area contributed by atoms with Crippen molar-refractivity contribution >= 4 is 0 Å². The second-order valence-corrected chi connectivity index (χ2v) is 3.06. The van der Waals surface area contributed by atoms with Crippen molar-refractivity contribution in [2.45, 2.75) is 24.5 Å². The Morgan fingerprint density at radius 1 is 1.45 bits per heavy atom. The monoisotopic (exact) mass is 148 g/mol. The fraction of sp³-hybridized carbons (Fsp3) is 0.400. The van der Waals surface area contributed by atoms with E-state index in [-0.39, 0.29) is 11.2 Å². The third kappa shape index (κ3) is 0.641. The highest BCUT2D eigenvalue weighted by Crippen LogP contribution is 2.54. The molecule has 0 aromatic carbocycles. The molecule has 0 radical (unpaired) electrons. The molecule has 0 bridgehead atoms. The summed E-state index contributed by atoms with van der Waals surface area (Å²) >= 11 is 0. The third-order valence-electron chi connectivity index (χ3n) is 2.62. The van der Waals surface area contributed by atoms with E-state index in [1.807, 2.05) is 18.2 Å². The average molecular weight is 148 g/mol. The van der Waals surface area contributed by atoms with Crippen LogP contribution < -0.4 is 0 Å². The van der Waals surface area contributed by atoms with Crippen molar-refractivity contribution in [3.63, 3.8) is 0 Å². The van der Waals surface area contributed by atoms with Crippen LogP contribution in [0.4, 0.5) is 0 Å². The quantitative estimate of drug-likeness (QED) is 0.432. The van der Waals surface area contributed by atoms with Crippen LogP contribution in [-0.4, -0.2) is 11.2 Å². The molecular weight excluding hydrogens is 136 g/mol. The minimum absolute atomic E-state index is 0.0521. The Morgan fingerprint density at radius 2 is 2.18 bits per heavy atom. The van der Waals surface area contributed by atoms with E-state index in [2.05, 4.69) is 25.7 Å². The summed E-state index contributed by atoms with van der Waals surface area (Å²) in [5.41, 5.74) is -0.222. The van der Waals surface area contributed by atoms with Crippen LogP contribution in [-0.2, 0) is 4.74 Å². The van der Waals surface area contributed by atoms with Crippen LogP contribution in [0.15, 0.2) is 37.0 Å². The predicted octanol–water partition coefficient (Wildman–Crippen LogP) is 2.22. The first-order chi connectivity index (χ1) is 5.29. The molecule has 1 aliphatic heterocycles. The van der Waals surface area contributed by atoms with E-state index in [1.54, 1.807) is 0 Å². The summed E-state index contributed by atoms with van der Waals surface area (Å²) in [5.74, 6) is 0. The molecule has 0 aromatic heterocycles. The second kappa shape index (κ2) is 1.86. The van der Waals surface area contributed by atoms with Gasteiger partial charge in [0.05, 0.1) is 0 Å². The lowest BCUT2D eigenvalue weighted by molar-refractivity contribution is 0.319. The Kier molecular flexibility index (Phi) is 1.16. The number of allylic oxidation sites excluding steroid dienone is 2. The van der Waals surface area contributed by atoms with Crippen molar-refractivity contribution in [2.75, 3.05) is 0 Å². The molecule has 2 aliphatic rings. The summed E-state index contributed by atoms with van der Waals surface area (Å²) < 4.78 is 5.66. The van der Waals surface area contributed by atoms with Gasteiger partial charge in [-0.2, -0.15) is 0 Å². The summed E-state index contributed by atoms with van der Waals surface area (Å²) in [7, 11) is 0. The van der Waals surface area contributed by atoms with E-state index in [1.165, 1.54) is 0 Å². The van der Waals surface area contributed by atoms with Gasteiger partial charge in [-0.25, -0.2) is 0 Å². The van der Waals surface area contributed by atoms with Gasteiger partial charge in [0, 0.05) is 0 Å². The van der Waals surface area contributed by atoms with Gasteiger partial charge in [-0.1, -0.05) is 31.7 Å². The lowest BCUT2D eigenvalue weighted by atomic mass is 9.87. The van der Waals surface area contributed by atoms with Crippen LogP contribution >= 0.6 is 0 Å². The van der Waals surface area contributed by atoms with E-state index in [0.717, 1.165) is 6.42 Å². The first-order valence-corrected chi connectivity index (χ1v) is 3.99. The van der Waals surface area contributed by atoms with Crippen LogP contribution in [0.1, 0.15) is 13.3 Å². The van der Waals surface area contributed by atoms with Crippen LogP contribution in [0, 0.1) is 0 Å². The highest BCUT2D eigenvalue weighted by Gasteiger charge is 2.64. The summed E-state index contributed by atoms with van der Waals surface area (Å²) in [4.78, 5) is 0. The van der Waals surface area contributed by atoms with E-state index >= 15 is 0 Å². The summed E-state index contributed by atoms with van der Waals surface area (Å²) in [5, 5.41) is 0. The molecule has 1 nitrogen and oxygen atoms in total. The molecule has 2 atom stereocenters. The molecule has 0 aromatic rings. The molecule has 58 valence electrons. The minimum Gasteiger partial charge on any atom is -0.349 e. The molecule has 2 rings (SSSR count). The molecule has 11 heavy (non-hydrogen) atoms. The zero-order chi connectivity index (χ0) is 7.95. The predicted molar refractivity (Wildman–Crippen MR) is 45.3 cm³/mol. The molecule has 1 fully saturated rings. The fourth-order valence-corrected chi connectivity index (χ4v) is 1.77. The molecule has 1 heteroatoms. The lowest BCUT2D eigenvalue weighted by Crippen LogP contribution is -2.20. The molecule has 0 saturated carbocycles. The number of rotatable bonds is 2. The van der Waals surface area contributed by atoms with Crippen molar-refractivity contribution in [3.05, 3.63) is 37.0 Å². The molecule has 2 unspecified atom stereocenters. The Hall–Kier alpha value is -0.820. The third-order valence-corrected chi connectivity index (χ3v) is 2.62. The van der Waals surface area contributed by atoms with Gasteiger partial charge in [0.15, 0.2) is 0 Å². The summed E-state index contributed by atoms with van der Waals surface area (Å²) in [6.07, 6.45) is 11.1. The molecule has 1 heterocycles. The smallest absolute Gasteiger partial charge is 0.138 e. The molecule has 0 spiro atoms. The molecule has 0 N–H and O–H groups in total. The van der Waals surface area contributed by atoms with Gasteiger partial charge in [-0.05, 0) is 18.6 Å². The number of fused-ring (bicyclic) bond motifs is 1. The molecular formula is C10H12O. The number of hydrogen-bond donors (Lipinski definition) is 0. The first-order valence-electron chi connectivity index (χ1n) is 3.99. The topological polar surface area (TPSA) is 12.5 Å². The van der Waals surface area contributed by atoms with E-state index in [9.17, 15) is 0 Å². The molecule has 0 amide bonds. The maximum Gasteiger partial charge on any atom is 0.138 e. The van der Waals surface area contributed by atoms with Crippen molar-refractivity contribution in [2.24, 2.45) is 0 Å². The SMILES string of the molecule is C=CC12C=CC=CC1(CC)O2. The average Bonchev–Trinajstić information content (AvgIpc) is 2.75. The van der Waals surface area contributed by atoms with Crippen LogP contribution in [0.3, 0.4) is 0 Å². The van der Waals surface area contributed by atoms with Gasteiger partial charge in [0.1, 0.15) is 11.2 Å². The maximum absolute atomic E-state index is 5.66. The zero-order valence-electron chi connectivity index (χ0n) is 6.71. The number of epoxide rings is 1. The Morgan fingerprint density at radius 3 is 2.73 bits per heavy atom. The van der Waals surface area contributed by atoms with Crippen molar-refractivity contribution < 1.29 is 4.74 Å². The van der Waals surface area contributed by atoms with Crippen molar-refractivity contribution in [3.8, 4) is 0 Å². The molecule has 1 saturated heterocycles. The van der Waals surface area contributed by atoms with Crippen LogP contribution in [0.2, 0.25) is 0 Å². The van der Waals surface area contributed by atoms with E-state index in [4.69, 9.17) is 4.74 Å². The Balaban J connectivity index is 2.36. The highest BCUT2D eigenvalue weighted by molar-refractivity contribution is 5.43. The largest absolute Gasteiger partial charge is 0.349 e. The number of ether oxygens (including phenoxy) is 1. The van der Waals surface area contributed by atoms with E-state index in [0.29, 0.717) is 0 Å². The summed E-state index contributed by atoms with van der Waals surface area (Å²) in [6.45, 7) is 5.91. The zero-order valence-corrected chi connectivity index (χ0v) is 6.71. The van der Waals surface area contributed by atoms with Crippen LogP contribution in [0.5, 0.6) is 0 Å². The maximum atomic E-state index is 5.66. The second-order valence-electron chi connectivity index (χ2n) is 3.06.